The Balaban J connectivity index is 2.22. The number of ether oxygens (including phenoxy) is 1. The summed E-state index contributed by atoms with van der Waals surface area (Å²) in [5.41, 5.74) is -0.508. The minimum Gasteiger partial charge on any atom is -0.370 e. The van der Waals surface area contributed by atoms with Crippen molar-refractivity contribution in [2.75, 3.05) is 5.88 Å². The van der Waals surface area contributed by atoms with E-state index in [2.05, 4.69) is 32.7 Å². The van der Waals surface area contributed by atoms with Crippen molar-refractivity contribution in [3.05, 3.63) is 16.1 Å². The zero-order valence-electron chi connectivity index (χ0n) is 14.0. The summed E-state index contributed by atoms with van der Waals surface area (Å²) >= 11 is 7.47. The van der Waals surface area contributed by atoms with Gasteiger partial charge in [0.15, 0.2) is 0 Å². The van der Waals surface area contributed by atoms with E-state index >= 15 is 0 Å². The second kappa shape index (κ2) is 6.46. The first-order valence-electron chi connectivity index (χ1n) is 7.59. The zero-order chi connectivity index (χ0) is 16.5. The maximum Gasteiger partial charge on any atom is 0.238 e. The first-order chi connectivity index (χ1) is 10.1. The van der Waals surface area contributed by atoms with Crippen LogP contribution in [0.3, 0.4) is 0 Å². The van der Waals surface area contributed by atoms with Gasteiger partial charge in [0.05, 0.1) is 17.7 Å². The number of aromatic nitrogens is 1. The quantitative estimate of drug-likeness (QED) is 0.781. The number of aryl methyl sites for hydroxylation is 1. The first-order valence-corrected chi connectivity index (χ1v) is 8.94. The Labute approximate surface area is 141 Å². The summed E-state index contributed by atoms with van der Waals surface area (Å²) in [6.07, 6.45) is 3.47. The molecule has 1 saturated heterocycles. The summed E-state index contributed by atoms with van der Waals surface area (Å²) in [5, 5.41) is 0.957. The molecule has 0 saturated carbocycles. The first kappa shape index (κ1) is 17.7. The van der Waals surface area contributed by atoms with Gasteiger partial charge in [-0.25, -0.2) is 4.98 Å². The van der Waals surface area contributed by atoms with Crippen LogP contribution in [0, 0.1) is 6.92 Å². The predicted molar refractivity (Wildman–Crippen MR) is 90.4 cm³/mol. The zero-order valence-corrected chi connectivity index (χ0v) is 15.6. The van der Waals surface area contributed by atoms with E-state index in [4.69, 9.17) is 16.3 Å². The standard InChI is InChI=1S/C16H25ClN2O2S/c1-11-9-18-13(22-11)10-19(14(20)8-17)12-6-15(2,3)21-16(4,5)7-12/h9,12H,6-8,10H2,1-5H3. The minimum atomic E-state index is -0.254. The smallest absolute Gasteiger partial charge is 0.238 e. The average molecular weight is 345 g/mol. The van der Waals surface area contributed by atoms with E-state index in [0.29, 0.717) is 6.54 Å². The third-order valence-electron chi connectivity index (χ3n) is 3.86. The van der Waals surface area contributed by atoms with Gasteiger partial charge in [-0.3, -0.25) is 4.79 Å². The summed E-state index contributed by atoms with van der Waals surface area (Å²) in [7, 11) is 0. The third-order valence-corrected chi connectivity index (χ3v) is 4.98. The maximum absolute atomic E-state index is 12.4. The molecule has 1 aliphatic rings. The molecule has 1 amide bonds. The lowest BCUT2D eigenvalue weighted by Gasteiger charge is -2.48. The molecular weight excluding hydrogens is 320 g/mol. The highest BCUT2D eigenvalue weighted by atomic mass is 35.5. The van der Waals surface area contributed by atoms with Crippen LogP contribution < -0.4 is 0 Å². The topological polar surface area (TPSA) is 42.4 Å². The molecule has 0 radical (unpaired) electrons. The second-order valence-corrected chi connectivity index (χ2v) is 8.79. The number of hydrogen-bond acceptors (Lipinski definition) is 4. The molecule has 0 unspecified atom stereocenters. The lowest BCUT2D eigenvalue weighted by Crippen LogP contribution is -2.54. The Morgan fingerprint density at radius 3 is 2.45 bits per heavy atom. The summed E-state index contributed by atoms with van der Waals surface area (Å²) in [4.78, 5) is 19.8. The van der Waals surface area contributed by atoms with Crippen molar-refractivity contribution >= 4 is 28.8 Å². The summed E-state index contributed by atoms with van der Waals surface area (Å²) < 4.78 is 6.13. The molecule has 6 heteroatoms. The van der Waals surface area contributed by atoms with Crippen LogP contribution in [0.5, 0.6) is 0 Å². The third kappa shape index (κ3) is 4.43. The van der Waals surface area contributed by atoms with Crippen molar-refractivity contribution < 1.29 is 9.53 Å². The Kier molecular flexibility index (Phi) is 5.20. The molecule has 0 aliphatic carbocycles. The number of thiazole rings is 1. The maximum atomic E-state index is 12.4. The lowest BCUT2D eigenvalue weighted by atomic mass is 9.84. The van der Waals surface area contributed by atoms with E-state index in [0.717, 1.165) is 22.7 Å². The molecule has 2 rings (SSSR count). The van der Waals surface area contributed by atoms with Crippen LogP contribution in [-0.4, -0.2) is 38.9 Å². The van der Waals surface area contributed by atoms with Crippen LogP contribution in [0.1, 0.15) is 50.4 Å². The highest BCUT2D eigenvalue weighted by Gasteiger charge is 2.42. The fourth-order valence-corrected chi connectivity index (χ4v) is 4.32. The number of carbonyl (C=O) groups excluding carboxylic acids is 1. The van der Waals surface area contributed by atoms with Crippen molar-refractivity contribution in [2.45, 2.75) is 71.2 Å². The molecule has 22 heavy (non-hydrogen) atoms. The summed E-state index contributed by atoms with van der Waals surface area (Å²) in [6, 6.07) is 0.120. The van der Waals surface area contributed by atoms with E-state index in [-0.39, 0.29) is 29.0 Å². The fraction of sp³-hybridized carbons (Fsp3) is 0.750. The summed E-state index contributed by atoms with van der Waals surface area (Å²) in [6.45, 7) is 10.9. The van der Waals surface area contributed by atoms with Crippen molar-refractivity contribution in [2.24, 2.45) is 0 Å². The van der Waals surface area contributed by atoms with Gasteiger partial charge in [-0.15, -0.1) is 22.9 Å². The minimum absolute atomic E-state index is 0.00255. The van der Waals surface area contributed by atoms with Gasteiger partial charge < -0.3 is 9.64 Å². The molecule has 1 fully saturated rings. The van der Waals surface area contributed by atoms with E-state index in [1.54, 1.807) is 11.3 Å². The molecule has 0 aromatic carbocycles. The van der Waals surface area contributed by atoms with Crippen LogP contribution in [0.25, 0.3) is 0 Å². The molecule has 1 aromatic rings. The van der Waals surface area contributed by atoms with Gasteiger partial charge in [0.1, 0.15) is 10.9 Å². The van der Waals surface area contributed by atoms with Gasteiger partial charge in [0.25, 0.3) is 0 Å². The van der Waals surface area contributed by atoms with Crippen molar-refractivity contribution in [3.63, 3.8) is 0 Å². The van der Waals surface area contributed by atoms with Gasteiger partial charge >= 0.3 is 0 Å². The number of rotatable bonds is 4. The van der Waals surface area contributed by atoms with E-state index in [1.807, 2.05) is 18.0 Å². The van der Waals surface area contributed by atoms with Crippen LogP contribution in [0.4, 0.5) is 0 Å². The van der Waals surface area contributed by atoms with Crippen molar-refractivity contribution in [3.8, 4) is 0 Å². The number of amides is 1. The fourth-order valence-electron chi connectivity index (χ4n) is 3.38. The SMILES string of the molecule is Cc1cnc(CN(C(=O)CCl)C2CC(C)(C)OC(C)(C)C2)s1. The van der Waals surface area contributed by atoms with E-state index < -0.39 is 0 Å². The van der Waals surface area contributed by atoms with E-state index in [1.165, 1.54) is 0 Å². The molecule has 0 N–H and O–H groups in total. The summed E-state index contributed by atoms with van der Waals surface area (Å²) in [5.74, 6) is -0.0317. The van der Waals surface area contributed by atoms with Crippen LogP contribution in [-0.2, 0) is 16.1 Å². The molecule has 124 valence electrons. The monoisotopic (exact) mass is 344 g/mol. The predicted octanol–water partition coefficient (Wildman–Crippen LogP) is 3.76. The molecule has 2 heterocycles. The van der Waals surface area contributed by atoms with E-state index in [9.17, 15) is 4.79 Å². The van der Waals surface area contributed by atoms with Crippen molar-refractivity contribution in [1.29, 1.82) is 0 Å². The van der Waals surface area contributed by atoms with Crippen LogP contribution >= 0.6 is 22.9 Å². The number of halogens is 1. The van der Waals surface area contributed by atoms with Gasteiger partial charge in [0, 0.05) is 17.1 Å². The Morgan fingerprint density at radius 2 is 2.00 bits per heavy atom. The normalized spacial score (nSPS) is 20.8. The molecule has 0 atom stereocenters. The molecule has 4 nitrogen and oxygen atoms in total. The molecule has 0 bridgehead atoms. The van der Waals surface area contributed by atoms with Crippen molar-refractivity contribution in [1.82, 2.24) is 9.88 Å². The van der Waals surface area contributed by atoms with Crippen LogP contribution in [0.2, 0.25) is 0 Å². The number of alkyl halides is 1. The van der Waals surface area contributed by atoms with Gasteiger partial charge in [0.2, 0.25) is 5.91 Å². The largest absolute Gasteiger partial charge is 0.370 e. The molecule has 1 aliphatic heterocycles. The molecule has 0 spiro atoms. The lowest BCUT2D eigenvalue weighted by molar-refractivity contribution is -0.180. The number of nitrogens with zero attached hydrogens (tertiary/aromatic N) is 2. The Morgan fingerprint density at radius 1 is 1.41 bits per heavy atom. The van der Waals surface area contributed by atoms with Gasteiger partial charge in [-0.2, -0.15) is 0 Å². The van der Waals surface area contributed by atoms with Gasteiger partial charge in [-0.05, 0) is 47.5 Å². The molecular formula is C16H25ClN2O2S. The van der Waals surface area contributed by atoms with Crippen LogP contribution in [0.15, 0.2) is 6.20 Å². The van der Waals surface area contributed by atoms with Gasteiger partial charge in [-0.1, -0.05) is 0 Å². The highest BCUT2D eigenvalue weighted by molar-refractivity contribution is 7.11. The number of hydrogen-bond donors (Lipinski definition) is 0. The highest BCUT2D eigenvalue weighted by Crippen LogP contribution is 2.37. The molecule has 1 aromatic heterocycles. The Bertz CT molecular complexity index is 526. The number of carbonyl (C=O) groups is 1. The Hall–Kier alpha value is -0.650. The second-order valence-electron chi connectivity index (χ2n) is 7.20. The average Bonchev–Trinajstić information content (AvgIpc) is 2.77.